The van der Waals surface area contributed by atoms with Crippen molar-refractivity contribution in [3.8, 4) is 0 Å². The van der Waals surface area contributed by atoms with Crippen LogP contribution in [0.25, 0.3) is 0 Å². The SMILES string of the molecule is COC(=O)c1ccc(C(C)CC(O)S(=O)(=O)[O-])cc1.[Na+]. The first-order valence-electron chi connectivity index (χ1n) is 5.56. The number of carbonyl (C=O) groups excluding carboxylic acids is 1. The van der Waals surface area contributed by atoms with Crippen molar-refractivity contribution in [2.75, 3.05) is 7.11 Å². The van der Waals surface area contributed by atoms with Gasteiger partial charge in [0.15, 0.2) is 0 Å². The van der Waals surface area contributed by atoms with E-state index in [4.69, 9.17) is 0 Å². The Balaban J connectivity index is 0.00000361. The van der Waals surface area contributed by atoms with Crippen molar-refractivity contribution in [2.45, 2.75) is 24.7 Å². The predicted molar refractivity (Wildman–Crippen MR) is 66.5 cm³/mol. The van der Waals surface area contributed by atoms with E-state index in [0.29, 0.717) is 5.56 Å². The average Bonchev–Trinajstić information content (AvgIpc) is 2.36. The number of esters is 1. The molecule has 0 aliphatic heterocycles. The molecule has 0 bridgehead atoms. The van der Waals surface area contributed by atoms with Crippen LogP contribution in [0.2, 0.25) is 0 Å². The Morgan fingerprint density at radius 3 is 2.25 bits per heavy atom. The van der Waals surface area contributed by atoms with Gasteiger partial charge >= 0.3 is 35.5 Å². The number of carbonyl (C=O) groups is 1. The maximum atomic E-state index is 11.2. The Morgan fingerprint density at radius 1 is 1.35 bits per heavy atom. The number of hydrogen-bond donors (Lipinski definition) is 1. The summed E-state index contributed by atoms with van der Waals surface area (Å²) in [7, 11) is -3.43. The second kappa shape index (κ2) is 8.11. The summed E-state index contributed by atoms with van der Waals surface area (Å²) in [5.41, 5.74) is -0.839. The molecular formula is C12H15NaO6S. The summed E-state index contributed by atoms with van der Waals surface area (Å²) in [6.07, 6.45) is -0.191. The molecule has 0 saturated heterocycles. The minimum Gasteiger partial charge on any atom is -0.746 e. The molecule has 0 spiro atoms. The van der Waals surface area contributed by atoms with Crippen LogP contribution in [-0.4, -0.2) is 36.6 Å². The monoisotopic (exact) mass is 310 g/mol. The van der Waals surface area contributed by atoms with Gasteiger partial charge in [0.1, 0.15) is 15.6 Å². The van der Waals surface area contributed by atoms with E-state index >= 15 is 0 Å². The summed E-state index contributed by atoms with van der Waals surface area (Å²) >= 11 is 0. The Hall–Kier alpha value is -0.440. The third kappa shape index (κ3) is 5.51. The van der Waals surface area contributed by atoms with Gasteiger partial charge in [-0.05, 0) is 30.0 Å². The van der Waals surface area contributed by atoms with Gasteiger partial charge in [-0.1, -0.05) is 19.1 Å². The van der Waals surface area contributed by atoms with Crippen molar-refractivity contribution in [2.24, 2.45) is 0 Å². The van der Waals surface area contributed by atoms with Crippen LogP contribution in [0, 0.1) is 0 Å². The van der Waals surface area contributed by atoms with E-state index in [9.17, 15) is 22.9 Å². The normalized spacial score (nSPS) is 14.0. The van der Waals surface area contributed by atoms with Crippen LogP contribution in [-0.2, 0) is 14.9 Å². The Labute approximate surface area is 140 Å². The molecule has 0 aliphatic carbocycles. The number of benzene rings is 1. The van der Waals surface area contributed by atoms with Crippen LogP contribution in [0.5, 0.6) is 0 Å². The van der Waals surface area contributed by atoms with Crippen molar-refractivity contribution in [1.29, 1.82) is 0 Å². The van der Waals surface area contributed by atoms with E-state index < -0.39 is 21.5 Å². The van der Waals surface area contributed by atoms with Gasteiger partial charge in [-0.25, -0.2) is 13.2 Å². The van der Waals surface area contributed by atoms with Gasteiger partial charge in [-0.2, -0.15) is 0 Å². The molecule has 0 amide bonds. The first-order chi connectivity index (χ1) is 8.75. The van der Waals surface area contributed by atoms with Gasteiger partial charge in [0.05, 0.1) is 12.7 Å². The summed E-state index contributed by atoms with van der Waals surface area (Å²) in [6.45, 7) is 1.68. The molecule has 0 radical (unpaired) electrons. The van der Waals surface area contributed by atoms with Crippen molar-refractivity contribution in [3.63, 3.8) is 0 Å². The van der Waals surface area contributed by atoms with E-state index in [-0.39, 0.29) is 41.9 Å². The molecule has 6 nitrogen and oxygen atoms in total. The standard InChI is InChI=1S/C12H16O6S.Na/c1-8(7-11(13)19(15,16)17)9-3-5-10(6-4-9)12(14)18-2;/h3-6,8,11,13H,7H2,1-2H3,(H,15,16,17);/q;+1/p-1. The molecule has 0 aromatic heterocycles. The molecule has 1 N–H and O–H groups in total. The molecule has 8 heteroatoms. The quantitative estimate of drug-likeness (QED) is 0.377. The molecule has 0 saturated carbocycles. The first kappa shape index (κ1) is 19.6. The van der Waals surface area contributed by atoms with E-state index in [2.05, 4.69) is 4.74 Å². The minimum atomic E-state index is -4.70. The average molecular weight is 310 g/mol. The van der Waals surface area contributed by atoms with E-state index in [1.54, 1.807) is 19.1 Å². The number of aliphatic hydroxyl groups excluding tert-OH is 1. The summed E-state index contributed by atoms with van der Waals surface area (Å²) < 4.78 is 36.4. The smallest absolute Gasteiger partial charge is 0.746 e. The summed E-state index contributed by atoms with van der Waals surface area (Å²) in [4.78, 5) is 11.2. The first-order valence-corrected chi connectivity index (χ1v) is 7.04. The van der Waals surface area contributed by atoms with Gasteiger partial charge in [-0.15, -0.1) is 0 Å². The third-order valence-electron chi connectivity index (χ3n) is 2.79. The molecule has 2 unspecified atom stereocenters. The van der Waals surface area contributed by atoms with Crippen LogP contribution in [0.4, 0.5) is 0 Å². The Morgan fingerprint density at radius 2 is 1.85 bits per heavy atom. The third-order valence-corrected chi connectivity index (χ3v) is 3.65. The van der Waals surface area contributed by atoms with Crippen LogP contribution in [0.3, 0.4) is 0 Å². The topological polar surface area (TPSA) is 104 Å². The largest absolute Gasteiger partial charge is 1.00 e. The molecule has 1 aromatic rings. The van der Waals surface area contributed by atoms with Gasteiger partial charge in [0.2, 0.25) is 0 Å². The van der Waals surface area contributed by atoms with Crippen LogP contribution in [0.1, 0.15) is 35.2 Å². The molecule has 2 atom stereocenters. The van der Waals surface area contributed by atoms with Crippen molar-refractivity contribution < 1.29 is 57.2 Å². The van der Waals surface area contributed by atoms with E-state index in [1.165, 1.54) is 19.2 Å². The zero-order chi connectivity index (χ0) is 14.6. The Kier molecular flexibility index (Phi) is 7.93. The van der Waals surface area contributed by atoms with Crippen LogP contribution < -0.4 is 29.6 Å². The van der Waals surface area contributed by atoms with Crippen LogP contribution >= 0.6 is 0 Å². The number of rotatable bonds is 5. The fourth-order valence-corrected chi connectivity index (χ4v) is 2.15. The minimum absolute atomic E-state index is 0. The zero-order valence-electron chi connectivity index (χ0n) is 11.6. The maximum Gasteiger partial charge on any atom is 1.00 e. The molecule has 0 heterocycles. The van der Waals surface area contributed by atoms with Crippen molar-refractivity contribution >= 4 is 16.1 Å². The van der Waals surface area contributed by atoms with E-state index in [1.807, 2.05) is 0 Å². The second-order valence-electron chi connectivity index (χ2n) is 4.20. The number of methoxy groups -OCH3 is 1. The molecule has 0 aliphatic rings. The Bertz CT molecular complexity index is 540. The number of hydrogen-bond acceptors (Lipinski definition) is 6. The number of ether oxygens (including phenoxy) is 1. The van der Waals surface area contributed by atoms with Crippen molar-refractivity contribution in [1.82, 2.24) is 0 Å². The van der Waals surface area contributed by atoms with Crippen LogP contribution in [0.15, 0.2) is 24.3 Å². The molecule has 1 rings (SSSR count). The molecule has 1 aromatic carbocycles. The van der Waals surface area contributed by atoms with E-state index in [0.717, 1.165) is 5.56 Å². The molecule has 106 valence electrons. The van der Waals surface area contributed by atoms with Gasteiger partial charge in [0, 0.05) is 0 Å². The maximum absolute atomic E-state index is 11.2. The fourth-order valence-electron chi connectivity index (χ4n) is 1.62. The second-order valence-corrected chi connectivity index (χ2v) is 5.73. The molecule has 20 heavy (non-hydrogen) atoms. The van der Waals surface area contributed by atoms with Crippen molar-refractivity contribution in [3.05, 3.63) is 35.4 Å². The summed E-state index contributed by atoms with van der Waals surface area (Å²) in [6, 6.07) is 6.33. The molecule has 0 fully saturated rings. The summed E-state index contributed by atoms with van der Waals surface area (Å²) in [5.74, 6) is -0.799. The molecular weight excluding hydrogens is 295 g/mol. The van der Waals surface area contributed by atoms with Gasteiger partial charge in [-0.3, -0.25) is 0 Å². The predicted octanol–water partition coefficient (Wildman–Crippen LogP) is -2.17. The zero-order valence-corrected chi connectivity index (χ0v) is 14.4. The number of aliphatic hydroxyl groups is 1. The summed E-state index contributed by atoms with van der Waals surface area (Å²) in [5, 5.41) is 9.22. The fraction of sp³-hybridized carbons (Fsp3) is 0.417. The van der Waals surface area contributed by atoms with Gasteiger partial charge < -0.3 is 14.4 Å². The van der Waals surface area contributed by atoms with Gasteiger partial charge in [0.25, 0.3) is 0 Å².